The van der Waals surface area contributed by atoms with Crippen molar-refractivity contribution in [2.24, 2.45) is 5.92 Å². The summed E-state index contributed by atoms with van der Waals surface area (Å²) in [5, 5.41) is 9.95. The number of carbonyl (C=O) groups is 2. The van der Waals surface area contributed by atoms with E-state index in [2.05, 4.69) is 15.7 Å². The highest BCUT2D eigenvalue weighted by Crippen LogP contribution is 2.22. The van der Waals surface area contributed by atoms with Crippen molar-refractivity contribution in [3.8, 4) is 5.69 Å². The highest BCUT2D eigenvalue weighted by Gasteiger charge is 2.31. The molecule has 0 unspecified atom stereocenters. The molecular formula is C17H21N5O2. The van der Waals surface area contributed by atoms with E-state index in [1.54, 1.807) is 15.8 Å². The van der Waals surface area contributed by atoms with Gasteiger partial charge in [0, 0.05) is 32.0 Å². The maximum Gasteiger partial charge on any atom is 0.321 e. The van der Waals surface area contributed by atoms with E-state index >= 15 is 0 Å². The lowest BCUT2D eigenvalue weighted by Gasteiger charge is -2.18. The van der Waals surface area contributed by atoms with Crippen LogP contribution in [0, 0.1) is 5.92 Å². The fraction of sp³-hybridized carbons (Fsp3) is 0.353. The number of amides is 3. The molecule has 0 aliphatic carbocycles. The zero-order chi connectivity index (χ0) is 16.9. The van der Waals surface area contributed by atoms with Crippen LogP contribution < -0.4 is 10.6 Å². The van der Waals surface area contributed by atoms with Crippen LogP contribution in [0.15, 0.2) is 42.7 Å². The Morgan fingerprint density at radius 1 is 1.29 bits per heavy atom. The molecule has 2 N–H and O–H groups in total. The van der Waals surface area contributed by atoms with Crippen LogP contribution in [0.5, 0.6) is 0 Å². The van der Waals surface area contributed by atoms with Gasteiger partial charge in [-0.15, -0.1) is 0 Å². The van der Waals surface area contributed by atoms with Gasteiger partial charge < -0.3 is 15.5 Å². The maximum atomic E-state index is 12.5. The quantitative estimate of drug-likeness (QED) is 0.899. The van der Waals surface area contributed by atoms with Gasteiger partial charge in [0.2, 0.25) is 5.91 Å². The summed E-state index contributed by atoms with van der Waals surface area (Å²) >= 11 is 0. The summed E-state index contributed by atoms with van der Waals surface area (Å²) in [5.41, 5.74) is 1.49. The number of benzene rings is 1. The van der Waals surface area contributed by atoms with Crippen molar-refractivity contribution in [2.75, 3.05) is 25.0 Å². The largest absolute Gasteiger partial charge is 0.356 e. The second-order valence-electron chi connectivity index (χ2n) is 5.72. The molecule has 2 heterocycles. The van der Waals surface area contributed by atoms with Gasteiger partial charge in [0.15, 0.2) is 0 Å². The van der Waals surface area contributed by atoms with Crippen LogP contribution in [0.2, 0.25) is 0 Å². The molecule has 1 aromatic heterocycles. The first kappa shape index (κ1) is 16.0. The summed E-state index contributed by atoms with van der Waals surface area (Å²) in [6.45, 7) is 3.53. The summed E-state index contributed by atoms with van der Waals surface area (Å²) in [6, 6.07) is 9.13. The van der Waals surface area contributed by atoms with Gasteiger partial charge in [0.1, 0.15) is 0 Å². The molecule has 1 aromatic carbocycles. The number of nitrogens with zero attached hydrogens (tertiary/aromatic N) is 3. The van der Waals surface area contributed by atoms with Crippen LogP contribution >= 0.6 is 0 Å². The second-order valence-corrected chi connectivity index (χ2v) is 5.72. The molecule has 24 heavy (non-hydrogen) atoms. The Morgan fingerprint density at radius 2 is 2.12 bits per heavy atom. The second kappa shape index (κ2) is 7.16. The molecule has 7 nitrogen and oxygen atoms in total. The molecule has 3 amide bonds. The van der Waals surface area contributed by atoms with Gasteiger partial charge in [-0.1, -0.05) is 12.1 Å². The molecule has 1 saturated heterocycles. The van der Waals surface area contributed by atoms with E-state index in [0.717, 1.165) is 5.69 Å². The summed E-state index contributed by atoms with van der Waals surface area (Å²) in [7, 11) is 0. The van der Waals surface area contributed by atoms with Crippen molar-refractivity contribution in [1.29, 1.82) is 0 Å². The summed E-state index contributed by atoms with van der Waals surface area (Å²) in [5.74, 6) is -0.109. The Hall–Kier alpha value is -2.83. The minimum absolute atomic E-state index is 0.0183. The van der Waals surface area contributed by atoms with E-state index in [1.807, 2.05) is 43.5 Å². The van der Waals surface area contributed by atoms with E-state index in [9.17, 15) is 9.59 Å². The van der Waals surface area contributed by atoms with Crippen molar-refractivity contribution in [1.82, 2.24) is 20.0 Å². The van der Waals surface area contributed by atoms with Gasteiger partial charge in [-0.25, -0.2) is 9.48 Å². The third-order valence-corrected chi connectivity index (χ3v) is 4.09. The topological polar surface area (TPSA) is 79.3 Å². The Morgan fingerprint density at radius 3 is 2.88 bits per heavy atom. The molecule has 1 atom stereocenters. The maximum absolute atomic E-state index is 12.5. The number of hydrogen-bond acceptors (Lipinski definition) is 3. The fourth-order valence-corrected chi connectivity index (χ4v) is 2.86. The van der Waals surface area contributed by atoms with E-state index in [0.29, 0.717) is 31.7 Å². The van der Waals surface area contributed by atoms with E-state index in [1.165, 1.54) is 0 Å². The average Bonchev–Trinajstić information content (AvgIpc) is 3.27. The first-order valence-corrected chi connectivity index (χ1v) is 8.11. The van der Waals surface area contributed by atoms with Crippen LogP contribution in [-0.4, -0.2) is 46.3 Å². The molecule has 3 rings (SSSR count). The van der Waals surface area contributed by atoms with Crippen LogP contribution in [0.3, 0.4) is 0 Å². The van der Waals surface area contributed by atoms with Crippen molar-refractivity contribution >= 4 is 17.6 Å². The van der Waals surface area contributed by atoms with Gasteiger partial charge in [0.25, 0.3) is 0 Å². The zero-order valence-electron chi connectivity index (χ0n) is 13.6. The van der Waals surface area contributed by atoms with Gasteiger partial charge in [-0.05, 0) is 31.5 Å². The van der Waals surface area contributed by atoms with Crippen LogP contribution in [0.4, 0.5) is 10.5 Å². The Bertz CT molecular complexity index is 714. The Kier molecular flexibility index (Phi) is 4.79. The van der Waals surface area contributed by atoms with Gasteiger partial charge in [-0.3, -0.25) is 4.79 Å². The van der Waals surface area contributed by atoms with E-state index in [4.69, 9.17) is 0 Å². The molecule has 1 fully saturated rings. The van der Waals surface area contributed by atoms with Gasteiger partial charge >= 0.3 is 6.03 Å². The van der Waals surface area contributed by atoms with Crippen molar-refractivity contribution < 1.29 is 9.59 Å². The molecule has 2 aromatic rings. The third kappa shape index (κ3) is 3.40. The molecule has 126 valence electrons. The number of hydrogen-bond donors (Lipinski definition) is 2. The minimum Gasteiger partial charge on any atom is -0.356 e. The number of para-hydroxylation sites is 2. The first-order chi connectivity index (χ1) is 11.7. The van der Waals surface area contributed by atoms with Gasteiger partial charge in [-0.2, -0.15) is 5.10 Å². The molecule has 0 radical (unpaired) electrons. The average molecular weight is 327 g/mol. The summed E-state index contributed by atoms with van der Waals surface area (Å²) in [6.07, 6.45) is 4.21. The normalized spacial score (nSPS) is 16.9. The number of nitrogens with one attached hydrogen (secondary N) is 2. The predicted molar refractivity (Wildman–Crippen MR) is 90.9 cm³/mol. The number of urea groups is 1. The zero-order valence-corrected chi connectivity index (χ0v) is 13.6. The van der Waals surface area contributed by atoms with E-state index in [-0.39, 0.29) is 17.9 Å². The van der Waals surface area contributed by atoms with Crippen LogP contribution in [0.25, 0.3) is 5.69 Å². The third-order valence-electron chi connectivity index (χ3n) is 4.09. The molecule has 0 saturated carbocycles. The van der Waals surface area contributed by atoms with E-state index < -0.39 is 0 Å². The monoisotopic (exact) mass is 327 g/mol. The standard InChI is InChI=1S/C17H21N5O2/c1-2-18-16(23)13-8-11-21(12-13)17(24)20-14-6-3-4-7-15(14)22-10-5-9-19-22/h3-7,9-10,13H,2,8,11-12H2,1H3,(H,18,23)(H,20,24)/t13-/m1/s1. The Balaban J connectivity index is 1.67. The van der Waals surface area contributed by atoms with Crippen molar-refractivity contribution in [2.45, 2.75) is 13.3 Å². The van der Waals surface area contributed by atoms with Gasteiger partial charge in [0.05, 0.1) is 17.3 Å². The van der Waals surface area contributed by atoms with Crippen molar-refractivity contribution in [3.63, 3.8) is 0 Å². The first-order valence-electron chi connectivity index (χ1n) is 8.11. The highest BCUT2D eigenvalue weighted by molar-refractivity contribution is 5.92. The summed E-state index contributed by atoms with van der Waals surface area (Å²) < 4.78 is 1.71. The molecule has 0 bridgehead atoms. The predicted octanol–water partition coefficient (Wildman–Crippen LogP) is 1.86. The molecule has 1 aliphatic heterocycles. The smallest absolute Gasteiger partial charge is 0.321 e. The lowest BCUT2D eigenvalue weighted by molar-refractivity contribution is -0.124. The summed E-state index contributed by atoms with van der Waals surface area (Å²) in [4.78, 5) is 26.1. The SMILES string of the molecule is CCNC(=O)[C@@H]1CCN(C(=O)Nc2ccccc2-n2cccn2)C1. The fourth-order valence-electron chi connectivity index (χ4n) is 2.86. The number of aromatic nitrogens is 2. The molecular weight excluding hydrogens is 306 g/mol. The highest BCUT2D eigenvalue weighted by atomic mass is 16.2. The number of likely N-dealkylation sites (tertiary alicyclic amines) is 1. The number of rotatable bonds is 4. The number of carbonyl (C=O) groups excluding carboxylic acids is 2. The lowest BCUT2D eigenvalue weighted by Crippen LogP contribution is -2.36. The minimum atomic E-state index is -0.193. The molecule has 0 spiro atoms. The molecule has 1 aliphatic rings. The molecule has 7 heteroatoms. The Labute approximate surface area is 140 Å². The number of anilines is 1. The lowest BCUT2D eigenvalue weighted by atomic mass is 10.1. The van der Waals surface area contributed by atoms with Crippen molar-refractivity contribution in [3.05, 3.63) is 42.7 Å². The van der Waals surface area contributed by atoms with Crippen LogP contribution in [-0.2, 0) is 4.79 Å². The van der Waals surface area contributed by atoms with Crippen LogP contribution in [0.1, 0.15) is 13.3 Å².